The van der Waals surface area contributed by atoms with Gasteiger partial charge in [0.05, 0.1) is 36.5 Å². The summed E-state index contributed by atoms with van der Waals surface area (Å²) in [7, 11) is 0. The van der Waals surface area contributed by atoms with E-state index in [1.807, 2.05) is 20.8 Å². The van der Waals surface area contributed by atoms with E-state index in [1.165, 1.54) is 0 Å². The van der Waals surface area contributed by atoms with Crippen LogP contribution >= 0.6 is 11.8 Å². The van der Waals surface area contributed by atoms with Crippen LogP contribution in [-0.4, -0.2) is 84.5 Å². The number of aliphatic hydroxyl groups excluding tert-OH is 1. The molecule has 2 rings (SSSR count). The number of unbranched alkanes of at least 4 members (excludes halogenated alkanes) is 2. The first-order valence-corrected chi connectivity index (χ1v) is 13.6. The molecule has 1 N–H and O–H groups in total. The highest BCUT2D eigenvalue weighted by atomic mass is 32.2. The van der Waals surface area contributed by atoms with Crippen LogP contribution in [0, 0.1) is 0 Å². The summed E-state index contributed by atoms with van der Waals surface area (Å²) in [4.78, 5) is 5.92. The van der Waals surface area contributed by atoms with Gasteiger partial charge < -0.3 is 28.8 Å². The number of thioether (sulfide) groups is 1. The summed E-state index contributed by atoms with van der Waals surface area (Å²) in [6.07, 6.45) is -1.77. The highest BCUT2D eigenvalue weighted by Gasteiger charge is 2.51. The minimum Gasteiger partial charge on any atom is -0.385 e. The van der Waals surface area contributed by atoms with Crippen molar-refractivity contribution in [2.45, 2.75) is 121 Å². The van der Waals surface area contributed by atoms with Crippen LogP contribution in [0.1, 0.15) is 60.3 Å². The molecule has 0 radical (unpaired) electrons. The molecule has 0 saturated carbocycles. The maximum Gasteiger partial charge on any atom is 0.186 e. The third-order valence-corrected chi connectivity index (χ3v) is 7.19. The molecule has 2 aliphatic rings. The van der Waals surface area contributed by atoms with Gasteiger partial charge in [-0.05, 0) is 43.5 Å². The van der Waals surface area contributed by atoms with Crippen molar-refractivity contribution in [3.8, 4) is 0 Å². The average molecular weight is 517 g/mol. The molecular formula is C22H40N6O6S. The lowest BCUT2D eigenvalue weighted by molar-refractivity contribution is -0.313. The molecule has 0 aromatic rings. The Balaban J connectivity index is 2.33. The van der Waals surface area contributed by atoms with Crippen molar-refractivity contribution in [3.63, 3.8) is 0 Å². The van der Waals surface area contributed by atoms with Gasteiger partial charge in [-0.2, -0.15) is 0 Å². The van der Waals surface area contributed by atoms with E-state index in [4.69, 9.17) is 29.2 Å². The molecule has 2 saturated heterocycles. The quantitative estimate of drug-likeness (QED) is 0.151. The molecule has 12 nitrogen and oxygen atoms in total. The first-order chi connectivity index (χ1) is 16.9. The van der Waals surface area contributed by atoms with Gasteiger partial charge in [0.25, 0.3) is 0 Å². The number of hydrogen-bond donors (Lipinski definition) is 1. The fourth-order valence-electron chi connectivity index (χ4n) is 4.25. The van der Waals surface area contributed by atoms with E-state index in [0.29, 0.717) is 13.2 Å². The lowest BCUT2D eigenvalue weighted by Crippen LogP contribution is -2.62. The van der Waals surface area contributed by atoms with Crippen molar-refractivity contribution in [1.82, 2.24) is 0 Å². The summed E-state index contributed by atoms with van der Waals surface area (Å²) in [6.45, 7) is 10.6. The second kappa shape index (κ2) is 15.8. The van der Waals surface area contributed by atoms with E-state index < -0.39 is 54.3 Å². The topological polar surface area (TPSA) is 164 Å². The molecule has 35 heavy (non-hydrogen) atoms. The second-order valence-electron chi connectivity index (χ2n) is 8.73. The molecule has 0 spiro atoms. The van der Waals surface area contributed by atoms with Crippen molar-refractivity contribution in [2.24, 2.45) is 10.2 Å². The highest BCUT2D eigenvalue weighted by molar-refractivity contribution is 7.99. The molecular weight excluding hydrogens is 476 g/mol. The summed E-state index contributed by atoms with van der Waals surface area (Å²) in [5.41, 5.74) is 17.8. The molecule has 2 heterocycles. The number of ether oxygens (including phenoxy) is 5. The van der Waals surface area contributed by atoms with Gasteiger partial charge in [-0.1, -0.05) is 43.8 Å². The lowest BCUT2D eigenvalue weighted by Gasteiger charge is -2.47. The predicted octanol–water partition coefficient (Wildman–Crippen LogP) is 4.70. The van der Waals surface area contributed by atoms with Crippen LogP contribution in [0.4, 0.5) is 0 Å². The fraction of sp³-hybridized carbons (Fsp3) is 1.00. The Morgan fingerprint density at radius 2 is 1.40 bits per heavy atom. The molecule has 10 atom stereocenters. The van der Waals surface area contributed by atoms with Crippen LogP contribution in [0.3, 0.4) is 0 Å². The van der Waals surface area contributed by atoms with Gasteiger partial charge in [0.15, 0.2) is 6.29 Å². The van der Waals surface area contributed by atoms with Crippen molar-refractivity contribution < 1.29 is 28.8 Å². The summed E-state index contributed by atoms with van der Waals surface area (Å²) in [5, 5.41) is 19.0. The van der Waals surface area contributed by atoms with E-state index >= 15 is 0 Å². The van der Waals surface area contributed by atoms with Gasteiger partial charge in [0.1, 0.15) is 17.6 Å². The minimum absolute atomic E-state index is 0.378. The molecule has 0 aromatic heterocycles. The molecule has 13 heteroatoms. The third kappa shape index (κ3) is 8.11. The standard InChI is InChI=1S/C22H40N6O6S/c1-6-9-11-30-18-15(25-27-23)13(4)32-21(17(18)29)34-20-19(31-12-10-7-2)16(26-28-24)14(5)33-22(20)35-8-3/h13-22,29H,6-12H2,1-5H3/t13?,14?,15-,16-,17-,18?,19?,20-,21-,22-/m1/s1. The SMILES string of the molecule is CCCCOC1[C@H](N=[N+]=[N-])C(C)O[C@H](O[C@@H]2C(OCCCC)[C@H](N=[N+]=[N-])C(C)O[C@@H]2SCC)[C@@H]1O. The Kier molecular flexibility index (Phi) is 13.5. The van der Waals surface area contributed by atoms with E-state index in [2.05, 4.69) is 27.0 Å². The fourth-order valence-corrected chi connectivity index (χ4v) is 5.24. The number of aliphatic hydroxyl groups is 1. The Morgan fingerprint density at radius 3 is 1.94 bits per heavy atom. The number of rotatable bonds is 14. The maximum absolute atomic E-state index is 11.2. The monoisotopic (exact) mass is 516 g/mol. The molecule has 0 amide bonds. The lowest BCUT2D eigenvalue weighted by atomic mass is 9.96. The van der Waals surface area contributed by atoms with Gasteiger partial charge in [-0.3, -0.25) is 0 Å². The van der Waals surface area contributed by atoms with Gasteiger partial charge in [0, 0.05) is 23.0 Å². The molecule has 2 fully saturated rings. The van der Waals surface area contributed by atoms with Crippen molar-refractivity contribution >= 4 is 11.8 Å². The second-order valence-corrected chi connectivity index (χ2v) is 10.1. The Labute approximate surface area is 211 Å². The molecule has 0 bridgehead atoms. The van der Waals surface area contributed by atoms with Crippen LogP contribution in [0.5, 0.6) is 0 Å². The van der Waals surface area contributed by atoms with Crippen molar-refractivity contribution in [2.75, 3.05) is 19.0 Å². The van der Waals surface area contributed by atoms with Crippen molar-refractivity contribution in [3.05, 3.63) is 20.9 Å². The minimum atomic E-state index is -1.21. The smallest absolute Gasteiger partial charge is 0.186 e. The van der Waals surface area contributed by atoms with Crippen LogP contribution in [-0.2, 0) is 23.7 Å². The van der Waals surface area contributed by atoms with Gasteiger partial charge >= 0.3 is 0 Å². The van der Waals surface area contributed by atoms with Crippen LogP contribution in [0.25, 0.3) is 20.9 Å². The van der Waals surface area contributed by atoms with Gasteiger partial charge in [-0.15, -0.1) is 11.8 Å². The van der Waals surface area contributed by atoms with Crippen LogP contribution in [0.2, 0.25) is 0 Å². The number of hydrogen-bond acceptors (Lipinski definition) is 9. The Bertz CT molecular complexity index is 725. The summed E-state index contributed by atoms with van der Waals surface area (Å²) in [5.74, 6) is 0.761. The molecule has 4 unspecified atom stereocenters. The number of nitrogens with zero attached hydrogens (tertiary/aromatic N) is 6. The van der Waals surface area contributed by atoms with Crippen molar-refractivity contribution in [1.29, 1.82) is 0 Å². The average Bonchev–Trinajstić information content (AvgIpc) is 2.83. The predicted molar refractivity (Wildman–Crippen MR) is 133 cm³/mol. The van der Waals surface area contributed by atoms with Gasteiger partial charge in [-0.25, -0.2) is 0 Å². The summed E-state index contributed by atoms with van der Waals surface area (Å²) < 4.78 is 30.7. The van der Waals surface area contributed by atoms with E-state index in [9.17, 15) is 10.6 Å². The summed E-state index contributed by atoms with van der Waals surface area (Å²) in [6, 6.07) is -1.32. The zero-order valence-electron chi connectivity index (χ0n) is 21.3. The zero-order chi connectivity index (χ0) is 25.8. The van der Waals surface area contributed by atoms with E-state index in [0.717, 1.165) is 31.4 Å². The summed E-state index contributed by atoms with van der Waals surface area (Å²) >= 11 is 1.55. The molecule has 2 aliphatic heterocycles. The molecule has 0 aliphatic carbocycles. The van der Waals surface area contributed by atoms with E-state index in [1.54, 1.807) is 18.7 Å². The highest BCUT2D eigenvalue weighted by Crippen LogP contribution is 2.36. The van der Waals surface area contributed by atoms with Crippen LogP contribution < -0.4 is 0 Å². The van der Waals surface area contributed by atoms with E-state index in [-0.39, 0.29) is 6.10 Å². The maximum atomic E-state index is 11.2. The first kappa shape index (κ1) is 30.0. The Morgan fingerprint density at radius 1 is 0.857 bits per heavy atom. The van der Waals surface area contributed by atoms with Gasteiger partial charge in [0.2, 0.25) is 0 Å². The molecule has 200 valence electrons. The first-order valence-electron chi connectivity index (χ1n) is 12.5. The normalized spacial score (nSPS) is 37.3. The Hall–Kier alpha value is -1.27. The van der Waals surface area contributed by atoms with Crippen LogP contribution in [0.15, 0.2) is 10.2 Å². The zero-order valence-corrected chi connectivity index (χ0v) is 22.1. The third-order valence-electron chi connectivity index (χ3n) is 6.15. The largest absolute Gasteiger partial charge is 0.385 e. The number of azide groups is 2. The molecule has 0 aromatic carbocycles.